The third kappa shape index (κ3) is 2.90. The molecule has 2 aromatic heterocycles. The summed E-state index contributed by atoms with van der Waals surface area (Å²) in [5, 5.41) is 0. The summed E-state index contributed by atoms with van der Waals surface area (Å²) in [7, 11) is 1.77. The molecular weight excluding hydrogens is 292 g/mol. The van der Waals surface area contributed by atoms with Gasteiger partial charge in [-0.1, -0.05) is 13.8 Å². The van der Waals surface area contributed by atoms with Crippen LogP contribution in [-0.4, -0.2) is 38.0 Å². The minimum Gasteiger partial charge on any atom is -0.341 e. The number of amides is 1. The van der Waals surface area contributed by atoms with Crippen LogP contribution in [0.2, 0.25) is 0 Å². The number of carbonyl (C=O) groups is 1. The molecule has 0 unspecified atom stereocenters. The quantitative estimate of drug-likeness (QED) is 0.869. The van der Waals surface area contributed by atoms with Crippen LogP contribution in [0.5, 0.6) is 0 Å². The molecule has 3 rings (SSSR count). The van der Waals surface area contributed by atoms with Gasteiger partial charge in [0.25, 0.3) is 0 Å². The molecule has 0 aliphatic carbocycles. The second-order valence-electron chi connectivity index (χ2n) is 6.79. The second kappa shape index (κ2) is 6.18. The molecule has 0 radical (unpaired) electrons. The first-order valence-electron chi connectivity index (χ1n) is 8.28. The zero-order chi connectivity index (χ0) is 16.6. The lowest BCUT2D eigenvalue weighted by molar-refractivity contribution is -0.133. The normalized spacial score (nSPS) is 18.8. The predicted octanol–water partition coefficient (Wildman–Crippen LogP) is 1.94. The molecule has 23 heavy (non-hydrogen) atoms. The number of imidazole rings is 1. The molecule has 1 saturated heterocycles. The number of hydrogen-bond acceptors (Lipinski definition) is 3. The van der Waals surface area contributed by atoms with Crippen LogP contribution in [0.3, 0.4) is 0 Å². The fraction of sp³-hybridized carbons (Fsp3) is 0.588. The molecule has 0 N–H and O–H groups in total. The molecule has 3 heterocycles. The zero-order valence-electron chi connectivity index (χ0n) is 14.0. The van der Waals surface area contributed by atoms with E-state index in [1.165, 1.54) is 0 Å². The van der Waals surface area contributed by atoms with Gasteiger partial charge in [-0.3, -0.25) is 13.9 Å². The van der Waals surface area contributed by atoms with Crippen LogP contribution in [0.1, 0.15) is 39.2 Å². The van der Waals surface area contributed by atoms with Crippen LogP contribution < -0.4 is 5.69 Å². The molecule has 124 valence electrons. The highest BCUT2D eigenvalue weighted by atomic mass is 16.2. The summed E-state index contributed by atoms with van der Waals surface area (Å²) in [4.78, 5) is 31.3. The van der Waals surface area contributed by atoms with Gasteiger partial charge in [0.15, 0.2) is 5.65 Å². The van der Waals surface area contributed by atoms with E-state index in [-0.39, 0.29) is 17.6 Å². The first-order chi connectivity index (χ1) is 11.0. The Hall–Kier alpha value is -2.11. The molecule has 6 heteroatoms. The summed E-state index contributed by atoms with van der Waals surface area (Å²) in [6.07, 6.45) is 4.10. The number of aromatic nitrogens is 3. The number of aryl methyl sites for hydroxylation is 1. The third-order valence-electron chi connectivity index (χ3n) is 4.55. The Morgan fingerprint density at radius 2 is 2.22 bits per heavy atom. The van der Waals surface area contributed by atoms with Gasteiger partial charge in [0, 0.05) is 32.8 Å². The van der Waals surface area contributed by atoms with Gasteiger partial charge in [-0.25, -0.2) is 9.78 Å². The monoisotopic (exact) mass is 316 g/mol. The Bertz CT molecular complexity index is 774. The van der Waals surface area contributed by atoms with E-state index < -0.39 is 0 Å². The summed E-state index contributed by atoms with van der Waals surface area (Å²) in [6.45, 7) is 5.49. The van der Waals surface area contributed by atoms with Crippen molar-refractivity contribution in [3.63, 3.8) is 0 Å². The number of fused-ring (bicyclic) bond motifs is 1. The van der Waals surface area contributed by atoms with E-state index in [1.54, 1.807) is 22.4 Å². The number of pyridine rings is 1. The maximum absolute atomic E-state index is 12.6. The number of likely N-dealkylation sites (tertiary alicyclic amines) is 1. The Kier molecular flexibility index (Phi) is 4.24. The largest absolute Gasteiger partial charge is 0.341 e. The van der Waals surface area contributed by atoms with E-state index in [1.807, 2.05) is 17.0 Å². The Morgan fingerprint density at radius 3 is 2.96 bits per heavy atom. The van der Waals surface area contributed by atoms with Crippen LogP contribution in [0, 0.1) is 5.92 Å². The molecule has 0 saturated carbocycles. The van der Waals surface area contributed by atoms with Gasteiger partial charge < -0.3 is 4.90 Å². The second-order valence-corrected chi connectivity index (χ2v) is 6.79. The van der Waals surface area contributed by atoms with E-state index >= 15 is 0 Å². The number of piperidine rings is 1. The highest BCUT2D eigenvalue weighted by Gasteiger charge is 2.28. The van der Waals surface area contributed by atoms with Crippen LogP contribution >= 0.6 is 0 Å². The van der Waals surface area contributed by atoms with Crippen molar-refractivity contribution in [2.75, 3.05) is 13.1 Å². The summed E-state index contributed by atoms with van der Waals surface area (Å²) in [5.74, 6) is 0.538. The average Bonchev–Trinajstić information content (AvgIpc) is 2.79. The van der Waals surface area contributed by atoms with Gasteiger partial charge in [-0.15, -0.1) is 0 Å². The fourth-order valence-corrected chi connectivity index (χ4v) is 3.39. The SMILES string of the molecule is CC(C)CC(=O)N1CCC[C@H](n2c(=O)n(C)c3cccnc32)C1. The van der Waals surface area contributed by atoms with Gasteiger partial charge >= 0.3 is 5.69 Å². The van der Waals surface area contributed by atoms with Crippen LogP contribution in [0.25, 0.3) is 11.2 Å². The molecule has 0 aromatic carbocycles. The average molecular weight is 316 g/mol. The highest BCUT2D eigenvalue weighted by Crippen LogP contribution is 2.24. The lowest BCUT2D eigenvalue weighted by Crippen LogP contribution is -2.43. The zero-order valence-corrected chi connectivity index (χ0v) is 14.0. The molecular formula is C17H24N4O2. The topological polar surface area (TPSA) is 60.1 Å². The molecule has 1 fully saturated rings. The van der Waals surface area contributed by atoms with Crippen molar-refractivity contribution in [3.8, 4) is 0 Å². The first kappa shape index (κ1) is 15.8. The van der Waals surface area contributed by atoms with Gasteiger partial charge in [-0.2, -0.15) is 0 Å². The lowest BCUT2D eigenvalue weighted by Gasteiger charge is -2.33. The minimum atomic E-state index is -0.0538. The van der Waals surface area contributed by atoms with Crippen molar-refractivity contribution in [1.29, 1.82) is 0 Å². The van der Waals surface area contributed by atoms with Crippen LogP contribution in [0.4, 0.5) is 0 Å². The predicted molar refractivity (Wildman–Crippen MR) is 89.3 cm³/mol. The molecule has 6 nitrogen and oxygen atoms in total. The summed E-state index contributed by atoms with van der Waals surface area (Å²) >= 11 is 0. The Balaban J connectivity index is 1.92. The molecule has 2 aromatic rings. The molecule has 1 aliphatic rings. The molecule has 1 aliphatic heterocycles. The minimum absolute atomic E-state index is 0.00552. The first-order valence-corrected chi connectivity index (χ1v) is 8.28. The number of nitrogens with zero attached hydrogens (tertiary/aromatic N) is 4. The van der Waals surface area contributed by atoms with Gasteiger partial charge in [0.05, 0.1) is 11.6 Å². The van der Waals surface area contributed by atoms with Crippen molar-refractivity contribution in [3.05, 3.63) is 28.8 Å². The van der Waals surface area contributed by atoms with E-state index in [0.717, 1.165) is 24.9 Å². The maximum Gasteiger partial charge on any atom is 0.330 e. The molecule has 1 atom stereocenters. The van der Waals surface area contributed by atoms with Crippen LogP contribution in [-0.2, 0) is 11.8 Å². The van der Waals surface area contributed by atoms with Crippen molar-refractivity contribution in [1.82, 2.24) is 19.0 Å². The summed E-state index contributed by atoms with van der Waals surface area (Å²) in [6, 6.07) is 3.75. The van der Waals surface area contributed by atoms with Crippen molar-refractivity contribution in [2.45, 2.75) is 39.2 Å². The van der Waals surface area contributed by atoms with Gasteiger partial charge in [-0.05, 0) is 30.9 Å². The lowest BCUT2D eigenvalue weighted by atomic mass is 10.0. The van der Waals surface area contributed by atoms with E-state index in [4.69, 9.17) is 0 Å². The van der Waals surface area contributed by atoms with Crippen LogP contribution in [0.15, 0.2) is 23.1 Å². The van der Waals surface area contributed by atoms with Crippen molar-refractivity contribution in [2.24, 2.45) is 13.0 Å². The Morgan fingerprint density at radius 1 is 1.43 bits per heavy atom. The fourth-order valence-electron chi connectivity index (χ4n) is 3.39. The molecule has 0 spiro atoms. The summed E-state index contributed by atoms with van der Waals surface area (Å²) in [5.41, 5.74) is 1.49. The molecule has 0 bridgehead atoms. The highest BCUT2D eigenvalue weighted by molar-refractivity contribution is 5.76. The maximum atomic E-state index is 12.6. The van der Waals surface area contributed by atoms with E-state index in [9.17, 15) is 9.59 Å². The van der Waals surface area contributed by atoms with E-state index in [2.05, 4.69) is 18.8 Å². The third-order valence-corrected chi connectivity index (χ3v) is 4.55. The van der Waals surface area contributed by atoms with E-state index in [0.29, 0.717) is 24.5 Å². The van der Waals surface area contributed by atoms with Gasteiger partial charge in [0.1, 0.15) is 0 Å². The van der Waals surface area contributed by atoms with Crippen molar-refractivity contribution < 1.29 is 4.79 Å². The van der Waals surface area contributed by atoms with Crippen molar-refractivity contribution >= 4 is 17.1 Å². The standard InChI is InChI=1S/C17H24N4O2/c1-12(2)10-15(22)20-9-5-6-13(11-20)21-16-14(7-4-8-18-16)19(3)17(21)23/h4,7-8,12-13H,5-6,9-11H2,1-3H3/t13-/m0/s1. The van der Waals surface area contributed by atoms with Gasteiger partial charge in [0.2, 0.25) is 5.91 Å². The number of carbonyl (C=O) groups excluding carboxylic acids is 1. The smallest absolute Gasteiger partial charge is 0.330 e. The molecule has 1 amide bonds. The number of hydrogen-bond donors (Lipinski definition) is 0. The Labute approximate surface area is 135 Å². The summed E-state index contributed by atoms with van der Waals surface area (Å²) < 4.78 is 3.40. The number of rotatable bonds is 3.